The number of hydrogen-bond donors (Lipinski definition) is 1. The third-order valence-corrected chi connectivity index (χ3v) is 5.07. The van der Waals surface area contributed by atoms with Crippen molar-refractivity contribution in [1.29, 1.82) is 0 Å². The van der Waals surface area contributed by atoms with E-state index in [1.165, 1.54) is 12.3 Å². The highest BCUT2D eigenvalue weighted by Gasteiger charge is 2.13. The van der Waals surface area contributed by atoms with E-state index in [0.29, 0.717) is 0 Å². The fraction of sp³-hybridized carbons (Fsp3) is 0.267. The number of sulfonamides is 1. The van der Waals surface area contributed by atoms with Gasteiger partial charge in [-0.05, 0) is 62.0 Å². The highest BCUT2D eigenvalue weighted by Crippen LogP contribution is 2.18. The maximum atomic E-state index is 11.9. The molecule has 5 nitrogen and oxygen atoms in total. The number of ether oxygens (including phenoxy) is 1. The van der Waals surface area contributed by atoms with Crippen molar-refractivity contribution in [3.05, 3.63) is 47.3 Å². The molecule has 1 aromatic heterocycles. The van der Waals surface area contributed by atoms with Crippen LogP contribution in [-0.4, -0.2) is 20.2 Å². The van der Waals surface area contributed by atoms with Gasteiger partial charge in [-0.2, -0.15) is 18.4 Å². The summed E-state index contributed by atoms with van der Waals surface area (Å²) in [6, 6.07) is 10.5. The standard InChI is InChI=1S/C15H18N2O3S2/c1-15(2,3)20-13-8-6-12(7-9-13)11-16-17-22(18,19)14-5-4-10-21-14/h4-11,17H,1-3H3/b16-11+. The SMILES string of the molecule is CC(C)(C)Oc1ccc(/C=N/NS(=O)(=O)c2cccs2)cc1. The number of hydrazone groups is 1. The van der Waals surface area contributed by atoms with Crippen LogP contribution in [0, 0.1) is 0 Å². The Balaban J connectivity index is 1.99. The van der Waals surface area contributed by atoms with Crippen LogP contribution in [0.1, 0.15) is 26.3 Å². The fourth-order valence-electron chi connectivity index (χ4n) is 1.61. The molecule has 0 unspecified atom stereocenters. The molecule has 22 heavy (non-hydrogen) atoms. The molecule has 1 N–H and O–H groups in total. The van der Waals surface area contributed by atoms with E-state index >= 15 is 0 Å². The quantitative estimate of drug-likeness (QED) is 0.672. The van der Waals surface area contributed by atoms with Crippen LogP contribution in [0.2, 0.25) is 0 Å². The molecule has 0 aliphatic heterocycles. The highest BCUT2D eigenvalue weighted by atomic mass is 32.2. The van der Waals surface area contributed by atoms with Gasteiger partial charge in [0.2, 0.25) is 0 Å². The van der Waals surface area contributed by atoms with Crippen molar-refractivity contribution in [2.45, 2.75) is 30.6 Å². The third-order valence-electron chi connectivity index (χ3n) is 2.45. The molecule has 1 heterocycles. The summed E-state index contributed by atoms with van der Waals surface area (Å²) in [5.74, 6) is 0.754. The first-order valence-electron chi connectivity index (χ1n) is 6.64. The summed E-state index contributed by atoms with van der Waals surface area (Å²) in [6.45, 7) is 5.92. The Bertz CT molecular complexity index is 728. The molecule has 7 heteroatoms. The molecule has 0 atom stereocenters. The summed E-state index contributed by atoms with van der Waals surface area (Å²) in [4.78, 5) is 2.18. The van der Waals surface area contributed by atoms with Crippen LogP contribution in [0.4, 0.5) is 0 Å². The Morgan fingerprint density at radius 1 is 1.18 bits per heavy atom. The van der Waals surface area contributed by atoms with Gasteiger partial charge < -0.3 is 4.74 Å². The zero-order chi connectivity index (χ0) is 16.2. The summed E-state index contributed by atoms with van der Waals surface area (Å²) in [7, 11) is -3.57. The van der Waals surface area contributed by atoms with E-state index in [4.69, 9.17) is 4.74 Å². The molecule has 0 bridgehead atoms. The zero-order valence-electron chi connectivity index (χ0n) is 12.6. The summed E-state index contributed by atoms with van der Waals surface area (Å²) in [5.41, 5.74) is 0.515. The Morgan fingerprint density at radius 3 is 2.41 bits per heavy atom. The minimum atomic E-state index is -3.57. The number of rotatable bonds is 5. The van der Waals surface area contributed by atoms with Gasteiger partial charge in [0.05, 0.1) is 6.21 Å². The van der Waals surface area contributed by atoms with Gasteiger partial charge in [0.15, 0.2) is 0 Å². The van der Waals surface area contributed by atoms with Gasteiger partial charge in [-0.15, -0.1) is 11.3 Å². The van der Waals surface area contributed by atoms with Crippen LogP contribution in [0.3, 0.4) is 0 Å². The van der Waals surface area contributed by atoms with E-state index in [9.17, 15) is 8.42 Å². The average Bonchev–Trinajstić information content (AvgIpc) is 2.93. The lowest BCUT2D eigenvalue weighted by molar-refractivity contribution is 0.131. The molecule has 2 rings (SSSR count). The molecule has 0 spiro atoms. The Hall–Kier alpha value is -1.86. The van der Waals surface area contributed by atoms with E-state index in [0.717, 1.165) is 22.6 Å². The summed E-state index contributed by atoms with van der Waals surface area (Å²) < 4.78 is 29.7. The Morgan fingerprint density at radius 2 is 1.86 bits per heavy atom. The first-order chi connectivity index (χ1) is 10.3. The molecule has 0 radical (unpaired) electrons. The van der Waals surface area contributed by atoms with Crippen molar-refractivity contribution in [2.75, 3.05) is 0 Å². The molecular weight excluding hydrogens is 320 g/mol. The van der Waals surface area contributed by atoms with E-state index in [2.05, 4.69) is 9.93 Å². The number of thiophene rings is 1. The molecule has 1 aromatic carbocycles. The molecule has 0 saturated heterocycles. The van der Waals surface area contributed by atoms with Gasteiger partial charge in [-0.1, -0.05) is 6.07 Å². The number of benzene rings is 1. The van der Waals surface area contributed by atoms with Crippen molar-refractivity contribution in [3.63, 3.8) is 0 Å². The molecule has 0 amide bonds. The van der Waals surface area contributed by atoms with E-state index in [-0.39, 0.29) is 9.81 Å². The monoisotopic (exact) mass is 338 g/mol. The minimum Gasteiger partial charge on any atom is -0.488 e. The molecule has 0 aliphatic rings. The second kappa shape index (κ2) is 6.50. The minimum absolute atomic E-state index is 0.235. The van der Waals surface area contributed by atoms with Crippen LogP contribution in [0.15, 0.2) is 51.1 Å². The summed E-state index contributed by atoms with van der Waals surface area (Å²) in [5, 5.41) is 5.48. The first-order valence-corrected chi connectivity index (χ1v) is 9.00. The lowest BCUT2D eigenvalue weighted by Crippen LogP contribution is -2.22. The Labute approximate surface area is 134 Å². The van der Waals surface area contributed by atoms with Crippen molar-refractivity contribution >= 4 is 27.6 Å². The van der Waals surface area contributed by atoms with Gasteiger partial charge in [-0.25, -0.2) is 0 Å². The van der Waals surface area contributed by atoms with Crippen LogP contribution in [0.25, 0.3) is 0 Å². The van der Waals surface area contributed by atoms with Gasteiger partial charge in [0, 0.05) is 0 Å². The number of nitrogens with zero attached hydrogens (tertiary/aromatic N) is 1. The maximum Gasteiger partial charge on any atom is 0.286 e. The second-order valence-corrected chi connectivity index (χ2v) is 8.40. The van der Waals surface area contributed by atoms with Gasteiger partial charge in [-0.3, -0.25) is 0 Å². The van der Waals surface area contributed by atoms with Crippen molar-refractivity contribution < 1.29 is 13.2 Å². The highest BCUT2D eigenvalue weighted by molar-refractivity contribution is 7.91. The average molecular weight is 338 g/mol. The van der Waals surface area contributed by atoms with Gasteiger partial charge in [0.1, 0.15) is 15.6 Å². The molecule has 118 valence electrons. The van der Waals surface area contributed by atoms with E-state index in [1.807, 2.05) is 45.0 Å². The van der Waals surface area contributed by atoms with Crippen LogP contribution < -0.4 is 9.57 Å². The largest absolute Gasteiger partial charge is 0.488 e. The van der Waals surface area contributed by atoms with Crippen LogP contribution in [-0.2, 0) is 10.0 Å². The van der Waals surface area contributed by atoms with Gasteiger partial charge in [0.25, 0.3) is 10.0 Å². The summed E-state index contributed by atoms with van der Waals surface area (Å²) in [6.07, 6.45) is 1.45. The first kappa shape index (κ1) is 16.5. The van der Waals surface area contributed by atoms with Gasteiger partial charge >= 0.3 is 0 Å². The third kappa shape index (κ3) is 4.85. The predicted octanol–water partition coefficient (Wildman–Crippen LogP) is 3.24. The van der Waals surface area contributed by atoms with Crippen LogP contribution >= 0.6 is 11.3 Å². The zero-order valence-corrected chi connectivity index (χ0v) is 14.2. The van der Waals surface area contributed by atoms with E-state index in [1.54, 1.807) is 11.4 Å². The van der Waals surface area contributed by atoms with Crippen LogP contribution in [0.5, 0.6) is 5.75 Å². The molecular formula is C15H18N2O3S2. The molecule has 0 saturated carbocycles. The smallest absolute Gasteiger partial charge is 0.286 e. The predicted molar refractivity (Wildman–Crippen MR) is 89.1 cm³/mol. The Kier molecular flexibility index (Phi) is 4.87. The number of hydrogen-bond acceptors (Lipinski definition) is 5. The lowest BCUT2D eigenvalue weighted by Gasteiger charge is -2.21. The normalized spacial score (nSPS) is 12.5. The fourth-order valence-corrected chi connectivity index (χ4v) is 3.38. The second-order valence-electron chi connectivity index (χ2n) is 5.57. The maximum absolute atomic E-state index is 11.9. The van der Waals surface area contributed by atoms with E-state index < -0.39 is 10.0 Å². The number of nitrogens with one attached hydrogen (secondary N) is 1. The molecule has 2 aromatic rings. The van der Waals surface area contributed by atoms with Crippen molar-refractivity contribution in [2.24, 2.45) is 5.10 Å². The lowest BCUT2D eigenvalue weighted by atomic mass is 10.2. The molecule has 0 fully saturated rings. The molecule has 0 aliphatic carbocycles. The van der Waals surface area contributed by atoms with Crippen molar-refractivity contribution in [1.82, 2.24) is 4.83 Å². The van der Waals surface area contributed by atoms with Crippen molar-refractivity contribution in [3.8, 4) is 5.75 Å². The topological polar surface area (TPSA) is 67.8 Å². The summed E-state index contributed by atoms with van der Waals surface area (Å²) >= 11 is 1.14.